The average Bonchev–Trinajstić information content (AvgIpc) is 2.93. The van der Waals surface area contributed by atoms with Gasteiger partial charge in [0.25, 0.3) is 0 Å². The van der Waals surface area contributed by atoms with Crippen LogP contribution in [0.15, 0.2) is 91.0 Å². The van der Waals surface area contributed by atoms with Crippen LogP contribution in [0, 0.1) is 0 Å². The standard InChI is InChI=1S/3C10H15N.BO3/c3*1-3-11(4-2)10-8-6-5-7-9-10;2-1(3)4/h3*5-9H,3-4H2,1-2H3;/q;;;-3/p+3. The van der Waals surface area contributed by atoms with E-state index in [1.807, 2.05) is 0 Å². The number of rotatable bonds is 9. The minimum Gasteiger partial charge on any atom is -0.907 e. The highest BCUT2D eigenvalue weighted by atomic mass is 16.5. The highest BCUT2D eigenvalue weighted by molar-refractivity contribution is 6.24. The van der Waals surface area contributed by atoms with Crippen LogP contribution in [0.1, 0.15) is 41.5 Å². The van der Waals surface area contributed by atoms with E-state index in [4.69, 9.17) is 15.1 Å². The van der Waals surface area contributed by atoms with Crippen LogP contribution in [-0.4, -0.2) is 46.6 Å². The molecule has 0 fully saturated rings. The maximum absolute atomic E-state index is 8.42. The summed E-state index contributed by atoms with van der Waals surface area (Å²) in [4.78, 5) is 4.64. The molecule has 0 atom stereocenters. The van der Waals surface area contributed by atoms with Crippen LogP contribution < -0.4 is 29.8 Å². The Bertz CT molecular complexity index is 743. The van der Waals surface area contributed by atoms with E-state index in [2.05, 4.69) is 133 Å². The number of nitrogens with one attached hydrogen (secondary N) is 3. The summed E-state index contributed by atoms with van der Waals surface area (Å²) < 4.78 is 0. The molecule has 204 valence electrons. The Labute approximate surface area is 226 Å². The van der Waals surface area contributed by atoms with E-state index in [1.54, 1.807) is 14.7 Å². The molecule has 3 rings (SSSR count). The molecule has 3 aromatic carbocycles. The summed E-state index contributed by atoms with van der Waals surface area (Å²) in [6.07, 6.45) is 0. The van der Waals surface area contributed by atoms with Crippen molar-refractivity contribution in [3.8, 4) is 0 Å². The number of hydrogen-bond donors (Lipinski definition) is 3. The predicted octanol–water partition coefficient (Wildman–Crippen LogP) is -0.219. The van der Waals surface area contributed by atoms with Gasteiger partial charge in [-0.05, 0) is 77.9 Å². The van der Waals surface area contributed by atoms with Crippen LogP contribution in [0.25, 0.3) is 0 Å². The summed E-state index contributed by atoms with van der Waals surface area (Å²) >= 11 is 0. The molecule has 7 heteroatoms. The lowest BCUT2D eigenvalue weighted by atomic mass is 10.3. The zero-order chi connectivity index (χ0) is 27.9. The fourth-order valence-electron chi connectivity index (χ4n) is 4.00. The van der Waals surface area contributed by atoms with Crippen molar-refractivity contribution < 1.29 is 29.8 Å². The second-order valence-electron chi connectivity index (χ2n) is 8.32. The van der Waals surface area contributed by atoms with Crippen molar-refractivity contribution in [2.45, 2.75) is 41.5 Å². The van der Waals surface area contributed by atoms with Crippen molar-refractivity contribution in [2.24, 2.45) is 0 Å². The van der Waals surface area contributed by atoms with Crippen molar-refractivity contribution in [3.63, 3.8) is 0 Å². The molecule has 0 saturated heterocycles. The summed E-state index contributed by atoms with van der Waals surface area (Å²) in [6.45, 7) is 20.3. The van der Waals surface area contributed by atoms with Crippen LogP contribution >= 0.6 is 0 Å². The van der Waals surface area contributed by atoms with E-state index in [0.29, 0.717) is 0 Å². The molecule has 0 heterocycles. The Morgan fingerprint density at radius 2 is 0.568 bits per heavy atom. The first-order valence-electron chi connectivity index (χ1n) is 13.6. The van der Waals surface area contributed by atoms with E-state index in [-0.39, 0.29) is 0 Å². The first-order chi connectivity index (χ1) is 17.9. The number of benzene rings is 3. The molecule has 0 spiro atoms. The van der Waals surface area contributed by atoms with Crippen LogP contribution in [0.2, 0.25) is 0 Å². The molecule has 0 saturated carbocycles. The molecular formula is C30H48BN3O3. The van der Waals surface area contributed by atoms with Gasteiger partial charge in [0.1, 0.15) is 17.1 Å². The lowest BCUT2D eigenvalue weighted by Crippen LogP contribution is -3.06. The fourth-order valence-corrected chi connectivity index (χ4v) is 4.00. The minimum absolute atomic E-state index is 1.17. The molecule has 6 nitrogen and oxygen atoms in total. The molecule has 3 aromatic rings. The molecule has 0 amide bonds. The van der Waals surface area contributed by atoms with Gasteiger partial charge in [-0.15, -0.1) is 0 Å². The van der Waals surface area contributed by atoms with Gasteiger partial charge >= 0.3 is 0 Å². The highest BCUT2D eigenvalue weighted by Crippen LogP contribution is 1.99. The van der Waals surface area contributed by atoms with Crippen molar-refractivity contribution in [1.82, 2.24) is 0 Å². The normalized spacial score (nSPS) is 10.1. The fraction of sp³-hybridized carbons (Fsp3) is 0.400. The van der Waals surface area contributed by atoms with Crippen LogP contribution in [0.4, 0.5) is 17.1 Å². The van der Waals surface area contributed by atoms with E-state index in [0.717, 1.165) is 0 Å². The van der Waals surface area contributed by atoms with E-state index in [1.165, 1.54) is 56.3 Å². The van der Waals surface area contributed by atoms with Gasteiger partial charge < -0.3 is 29.8 Å². The second kappa shape index (κ2) is 22.7. The zero-order valence-electron chi connectivity index (χ0n) is 23.7. The van der Waals surface area contributed by atoms with Crippen molar-refractivity contribution in [2.75, 3.05) is 39.3 Å². The lowest BCUT2D eigenvalue weighted by molar-refractivity contribution is -0.828. The predicted molar refractivity (Wildman–Crippen MR) is 150 cm³/mol. The molecule has 0 unspecified atom stereocenters. The van der Waals surface area contributed by atoms with Gasteiger partial charge in [0, 0.05) is 0 Å². The van der Waals surface area contributed by atoms with Crippen LogP contribution in [0.3, 0.4) is 0 Å². The maximum Gasteiger partial charge on any atom is 0.131 e. The van der Waals surface area contributed by atoms with Gasteiger partial charge in [0.05, 0.1) is 39.3 Å². The summed E-state index contributed by atoms with van der Waals surface area (Å²) in [5, 5.41) is 25.2. The first kappa shape index (κ1) is 34.5. The van der Waals surface area contributed by atoms with Gasteiger partial charge in [-0.2, -0.15) is 0 Å². The van der Waals surface area contributed by atoms with E-state index >= 15 is 0 Å². The molecule has 0 aromatic heterocycles. The number of quaternary nitrogens is 3. The number of hydrogen-bond acceptors (Lipinski definition) is 3. The van der Waals surface area contributed by atoms with Crippen molar-refractivity contribution in [3.05, 3.63) is 91.0 Å². The smallest absolute Gasteiger partial charge is 0.131 e. The van der Waals surface area contributed by atoms with Gasteiger partial charge in [-0.1, -0.05) is 54.6 Å². The average molecular weight is 510 g/mol. The Morgan fingerprint density at radius 3 is 0.703 bits per heavy atom. The molecule has 0 radical (unpaired) electrons. The summed E-state index contributed by atoms with van der Waals surface area (Å²) in [6, 6.07) is 31.9. The molecule has 3 N–H and O–H groups in total. The SMILES string of the molecule is CC[NH+](CC)c1ccccc1.CC[NH+](CC)c1ccccc1.CC[NH+](CC)c1ccccc1.[O-]B([O-])[O-]. The molecule has 0 bridgehead atoms. The summed E-state index contributed by atoms with van der Waals surface area (Å²) in [5.74, 6) is 0. The Morgan fingerprint density at radius 1 is 0.405 bits per heavy atom. The summed E-state index contributed by atoms with van der Waals surface area (Å²) in [7, 11) is -2.92. The third-order valence-electron chi connectivity index (χ3n) is 6.11. The third kappa shape index (κ3) is 16.0. The molecule has 0 aliphatic carbocycles. The topological polar surface area (TPSA) is 82.5 Å². The quantitative estimate of drug-likeness (QED) is 0.349. The summed E-state index contributed by atoms with van der Waals surface area (Å²) in [5.41, 5.74) is 4.20. The Kier molecular flexibility index (Phi) is 21.1. The van der Waals surface area contributed by atoms with Crippen LogP contribution in [0.5, 0.6) is 0 Å². The van der Waals surface area contributed by atoms with Crippen molar-refractivity contribution in [1.29, 1.82) is 0 Å². The second-order valence-corrected chi connectivity index (χ2v) is 8.32. The van der Waals surface area contributed by atoms with E-state index in [9.17, 15) is 0 Å². The van der Waals surface area contributed by atoms with Gasteiger partial charge in [0.2, 0.25) is 0 Å². The first-order valence-corrected chi connectivity index (χ1v) is 13.6. The molecular weight excluding hydrogens is 461 g/mol. The largest absolute Gasteiger partial charge is 0.907 e. The third-order valence-corrected chi connectivity index (χ3v) is 6.11. The Hall–Kier alpha value is -2.52. The maximum atomic E-state index is 8.42. The molecule has 0 aliphatic rings. The number of para-hydroxylation sites is 3. The molecule has 0 aliphatic heterocycles. The minimum atomic E-state index is -2.92. The van der Waals surface area contributed by atoms with Crippen LogP contribution in [-0.2, 0) is 0 Å². The highest BCUT2D eigenvalue weighted by Gasteiger charge is 2.05. The monoisotopic (exact) mass is 509 g/mol. The lowest BCUT2D eigenvalue weighted by Gasteiger charge is -2.35. The van der Waals surface area contributed by atoms with Gasteiger partial charge in [-0.3, -0.25) is 7.32 Å². The van der Waals surface area contributed by atoms with Crippen molar-refractivity contribution >= 4 is 24.4 Å². The van der Waals surface area contributed by atoms with E-state index < -0.39 is 7.32 Å². The van der Waals surface area contributed by atoms with Gasteiger partial charge in [-0.25, -0.2) is 0 Å². The van der Waals surface area contributed by atoms with Gasteiger partial charge in [0.15, 0.2) is 0 Å². The molecule has 37 heavy (non-hydrogen) atoms. The zero-order valence-corrected chi connectivity index (χ0v) is 23.7. The Balaban J connectivity index is 0.000000490.